The van der Waals surface area contributed by atoms with Crippen molar-refractivity contribution in [2.75, 3.05) is 28.9 Å². The number of carboxylic acid groups (broad SMARTS) is 1. The number of nitrogens with one attached hydrogen (secondary N) is 2. The first-order chi connectivity index (χ1) is 11.7. The van der Waals surface area contributed by atoms with Crippen LogP contribution >= 0.6 is 0 Å². The highest BCUT2D eigenvalue weighted by Crippen LogP contribution is 2.23. The SMILES string of the molecule is CCS(=O)(=O)Nc1ccc(NC(=O)N2CC(C)CC(C(=O)O)C2)cc1. The third kappa shape index (κ3) is 5.35. The van der Waals surface area contributed by atoms with Crippen molar-refractivity contribution in [3.05, 3.63) is 24.3 Å². The quantitative estimate of drug-likeness (QED) is 0.734. The van der Waals surface area contributed by atoms with Crippen LogP contribution in [0.15, 0.2) is 24.3 Å². The normalized spacial score (nSPS) is 20.8. The molecule has 2 amide bonds. The fourth-order valence-electron chi connectivity index (χ4n) is 2.77. The van der Waals surface area contributed by atoms with Gasteiger partial charge in [0.25, 0.3) is 0 Å². The van der Waals surface area contributed by atoms with Crippen LogP contribution < -0.4 is 10.0 Å². The van der Waals surface area contributed by atoms with Crippen molar-refractivity contribution in [2.24, 2.45) is 11.8 Å². The summed E-state index contributed by atoms with van der Waals surface area (Å²) >= 11 is 0. The molecule has 1 heterocycles. The van der Waals surface area contributed by atoms with E-state index in [1.165, 1.54) is 4.90 Å². The number of nitrogens with zero attached hydrogens (tertiary/aromatic N) is 1. The van der Waals surface area contributed by atoms with E-state index in [9.17, 15) is 23.1 Å². The van der Waals surface area contributed by atoms with E-state index in [0.717, 1.165) is 0 Å². The van der Waals surface area contributed by atoms with E-state index in [0.29, 0.717) is 24.3 Å². The monoisotopic (exact) mass is 369 g/mol. The fourth-order valence-corrected chi connectivity index (χ4v) is 3.41. The molecule has 0 aromatic heterocycles. The van der Waals surface area contributed by atoms with Gasteiger partial charge in [0, 0.05) is 24.5 Å². The Kier molecular flexibility index (Phi) is 5.89. The van der Waals surface area contributed by atoms with Gasteiger partial charge < -0.3 is 15.3 Å². The summed E-state index contributed by atoms with van der Waals surface area (Å²) < 4.78 is 25.5. The van der Waals surface area contributed by atoms with Gasteiger partial charge in [0.2, 0.25) is 10.0 Å². The minimum Gasteiger partial charge on any atom is -0.481 e. The summed E-state index contributed by atoms with van der Waals surface area (Å²) in [6, 6.07) is 5.93. The second-order valence-corrected chi connectivity index (χ2v) is 8.30. The van der Waals surface area contributed by atoms with Crippen LogP contribution in [0.4, 0.5) is 16.2 Å². The Hall–Kier alpha value is -2.29. The number of likely N-dealkylation sites (tertiary alicyclic amines) is 1. The van der Waals surface area contributed by atoms with Crippen molar-refractivity contribution < 1.29 is 23.1 Å². The van der Waals surface area contributed by atoms with E-state index in [-0.39, 0.29) is 24.2 Å². The van der Waals surface area contributed by atoms with E-state index in [2.05, 4.69) is 10.0 Å². The molecule has 9 heteroatoms. The molecule has 0 bridgehead atoms. The van der Waals surface area contributed by atoms with E-state index < -0.39 is 21.9 Å². The van der Waals surface area contributed by atoms with Gasteiger partial charge in [0.05, 0.1) is 11.7 Å². The number of amides is 2. The standard InChI is InChI=1S/C16H23N3O5S/c1-3-25(23,24)18-14-6-4-13(5-7-14)17-16(22)19-9-11(2)8-12(10-19)15(20)21/h4-7,11-12,18H,3,8-10H2,1-2H3,(H,17,22)(H,20,21). The Balaban J connectivity index is 1.99. The molecule has 2 rings (SSSR count). The number of carboxylic acids is 1. The van der Waals surface area contributed by atoms with Gasteiger partial charge in [-0.3, -0.25) is 9.52 Å². The average Bonchev–Trinajstić information content (AvgIpc) is 2.55. The Bertz CT molecular complexity index is 733. The topological polar surface area (TPSA) is 116 Å². The van der Waals surface area contributed by atoms with E-state index >= 15 is 0 Å². The predicted molar refractivity (Wildman–Crippen MR) is 95.0 cm³/mol. The number of carbonyl (C=O) groups excluding carboxylic acids is 1. The maximum Gasteiger partial charge on any atom is 0.321 e. The summed E-state index contributed by atoms with van der Waals surface area (Å²) in [6.07, 6.45) is 0.561. The van der Waals surface area contributed by atoms with Gasteiger partial charge in [-0.05, 0) is 43.5 Å². The number of rotatable bonds is 5. The van der Waals surface area contributed by atoms with Crippen LogP contribution in [0.25, 0.3) is 0 Å². The highest BCUT2D eigenvalue weighted by Gasteiger charge is 2.31. The maximum absolute atomic E-state index is 12.4. The second-order valence-electron chi connectivity index (χ2n) is 6.29. The summed E-state index contributed by atoms with van der Waals surface area (Å²) in [6.45, 7) is 4.15. The van der Waals surface area contributed by atoms with Crippen LogP contribution in [0.5, 0.6) is 0 Å². The molecule has 1 saturated heterocycles. The molecule has 0 saturated carbocycles. The number of piperidine rings is 1. The number of hydrogen-bond donors (Lipinski definition) is 3. The van der Waals surface area contributed by atoms with Crippen molar-refractivity contribution in [2.45, 2.75) is 20.3 Å². The van der Waals surface area contributed by atoms with Crippen LogP contribution in [-0.4, -0.2) is 49.3 Å². The first kappa shape index (κ1) is 19.0. The smallest absolute Gasteiger partial charge is 0.321 e. The molecular formula is C16H23N3O5S. The molecule has 1 aliphatic rings. The van der Waals surface area contributed by atoms with Gasteiger partial charge in [-0.1, -0.05) is 6.92 Å². The lowest BCUT2D eigenvalue weighted by atomic mass is 9.91. The minimum absolute atomic E-state index is 0.0244. The maximum atomic E-state index is 12.4. The van der Waals surface area contributed by atoms with Crippen LogP contribution in [0.1, 0.15) is 20.3 Å². The number of urea groups is 1. The number of aliphatic carboxylic acids is 1. The van der Waals surface area contributed by atoms with Crippen molar-refractivity contribution in [3.8, 4) is 0 Å². The summed E-state index contributed by atoms with van der Waals surface area (Å²) in [7, 11) is -3.35. The molecule has 25 heavy (non-hydrogen) atoms. The molecule has 1 aromatic rings. The highest BCUT2D eigenvalue weighted by atomic mass is 32.2. The van der Waals surface area contributed by atoms with Crippen LogP contribution in [-0.2, 0) is 14.8 Å². The first-order valence-electron chi connectivity index (χ1n) is 8.09. The molecule has 1 aliphatic heterocycles. The molecule has 0 radical (unpaired) electrons. The van der Waals surface area contributed by atoms with Gasteiger partial charge in [0.1, 0.15) is 0 Å². The Morgan fingerprint density at radius 3 is 2.36 bits per heavy atom. The second kappa shape index (κ2) is 7.73. The summed E-state index contributed by atoms with van der Waals surface area (Å²) in [5, 5.41) is 11.9. The fraction of sp³-hybridized carbons (Fsp3) is 0.500. The molecule has 1 aromatic carbocycles. The van der Waals surface area contributed by atoms with Crippen molar-refractivity contribution >= 4 is 33.4 Å². The summed E-state index contributed by atoms with van der Waals surface area (Å²) in [4.78, 5) is 25.0. The molecule has 138 valence electrons. The van der Waals surface area contributed by atoms with Crippen LogP contribution in [0.3, 0.4) is 0 Å². The summed E-state index contributed by atoms with van der Waals surface area (Å²) in [5.74, 6) is -1.35. The first-order valence-corrected chi connectivity index (χ1v) is 9.74. The zero-order chi connectivity index (χ0) is 18.6. The minimum atomic E-state index is -3.35. The van der Waals surface area contributed by atoms with Gasteiger partial charge in [-0.2, -0.15) is 0 Å². The van der Waals surface area contributed by atoms with Crippen molar-refractivity contribution in [1.82, 2.24) is 4.90 Å². The Morgan fingerprint density at radius 1 is 1.20 bits per heavy atom. The third-order valence-electron chi connectivity index (χ3n) is 4.09. The Morgan fingerprint density at radius 2 is 1.80 bits per heavy atom. The molecule has 8 nitrogen and oxygen atoms in total. The Labute approximate surface area is 147 Å². The highest BCUT2D eigenvalue weighted by molar-refractivity contribution is 7.92. The molecular weight excluding hydrogens is 346 g/mol. The zero-order valence-corrected chi connectivity index (χ0v) is 15.0. The van der Waals surface area contributed by atoms with Gasteiger partial charge in [0.15, 0.2) is 0 Å². The summed E-state index contributed by atoms with van der Waals surface area (Å²) in [5.41, 5.74) is 0.923. The molecule has 0 aliphatic carbocycles. The number of hydrogen-bond acceptors (Lipinski definition) is 4. The molecule has 2 atom stereocenters. The van der Waals surface area contributed by atoms with Gasteiger partial charge in [-0.15, -0.1) is 0 Å². The van der Waals surface area contributed by atoms with Crippen molar-refractivity contribution in [1.29, 1.82) is 0 Å². The lowest BCUT2D eigenvalue weighted by Crippen LogP contribution is -2.47. The molecule has 2 unspecified atom stereocenters. The molecule has 0 spiro atoms. The molecule has 3 N–H and O–H groups in total. The number of sulfonamides is 1. The van der Waals surface area contributed by atoms with Crippen LogP contribution in [0.2, 0.25) is 0 Å². The van der Waals surface area contributed by atoms with Gasteiger partial charge >= 0.3 is 12.0 Å². The van der Waals surface area contributed by atoms with Crippen LogP contribution in [0, 0.1) is 11.8 Å². The van der Waals surface area contributed by atoms with Gasteiger partial charge in [-0.25, -0.2) is 13.2 Å². The van der Waals surface area contributed by atoms with E-state index in [4.69, 9.17) is 0 Å². The van der Waals surface area contributed by atoms with E-state index in [1.807, 2.05) is 6.92 Å². The largest absolute Gasteiger partial charge is 0.481 e. The lowest BCUT2D eigenvalue weighted by molar-refractivity contribution is -0.143. The number of carbonyl (C=O) groups is 2. The zero-order valence-electron chi connectivity index (χ0n) is 14.2. The number of anilines is 2. The number of benzene rings is 1. The molecule has 1 fully saturated rings. The lowest BCUT2D eigenvalue weighted by Gasteiger charge is -2.34. The third-order valence-corrected chi connectivity index (χ3v) is 5.39. The van der Waals surface area contributed by atoms with Crippen molar-refractivity contribution in [3.63, 3.8) is 0 Å². The average molecular weight is 369 g/mol. The van der Waals surface area contributed by atoms with E-state index in [1.54, 1.807) is 31.2 Å². The predicted octanol–water partition coefficient (Wildman–Crippen LogP) is 2.02.